The highest BCUT2D eigenvalue weighted by atomic mass is 35.5. The highest BCUT2D eigenvalue weighted by Crippen LogP contribution is 2.14. The van der Waals surface area contributed by atoms with Gasteiger partial charge in [0.1, 0.15) is 0 Å². The third-order valence-corrected chi connectivity index (χ3v) is 2.46. The molecule has 1 aromatic carbocycles. The number of hydrogen-bond donors (Lipinski definition) is 0. The molecule has 0 atom stereocenters. The van der Waals surface area contributed by atoms with Gasteiger partial charge in [0.15, 0.2) is 0 Å². The number of rotatable bonds is 2. The molecule has 16 heavy (non-hydrogen) atoms. The van der Waals surface area contributed by atoms with Crippen molar-refractivity contribution in [2.24, 2.45) is 0 Å². The Kier molecular flexibility index (Phi) is 2.79. The van der Waals surface area contributed by atoms with Gasteiger partial charge in [0.25, 0.3) is 5.56 Å². The number of fused-ring (bicyclic) bond motifs is 1. The van der Waals surface area contributed by atoms with Crippen LogP contribution in [0.3, 0.4) is 0 Å². The largest absolute Gasteiger partial charge is 0.295 e. The third kappa shape index (κ3) is 1.99. The molecule has 0 radical (unpaired) electrons. The summed E-state index contributed by atoms with van der Waals surface area (Å²) in [6, 6.07) is 5.10. The summed E-state index contributed by atoms with van der Waals surface area (Å²) in [6.07, 6.45) is 1.53. The summed E-state index contributed by atoms with van der Waals surface area (Å²) in [5.74, 6) is 0. The van der Waals surface area contributed by atoms with E-state index < -0.39 is 0 Å². The molecular formula is C12H11ClN2O. The molecule has 0 spiro atoms. The smallest absolute Gasteiger partial charge is 0.261 e. The number of halogens is 1. The second-order valence-corrected chi connectivity index (χ2v) is 4.23. The van der Waals surface area contributed by atoms with Crippen LogP contribution >= 0.6 is 11.6 Å². The molecule has 0 aliphatic heterocycles. The summed E-state index contributed by atoms with van der Waals surface area (Å²) < 4.78 is 1.53. The van der Waals surface area contributed by atoms with E-state index in [9.17, 15) is 4.79 Å². The molecule has 82 valence electrons. The maximum absolute atomic E-state index is 12.0. The van der Waals surface area contributed by atoms with Crippen molar-refractivity contribution in [1.82, 2.24) is 9.55 Å². The highest BCUT2D eigenvalue weighted by molar-refractivity contribution is 6.31. The first-order chi connectivity index (χ1) is 7.58. The van der Waals surface area contributed by atoms with E-state index in [4.69, 9.17) is 11.6 Å². The molecule has 0 bridgehead atoms. The predicted octanol–water partition coefficient (Wildman–Crippen LogP) is 2.63. The fraction of sp³-hybridized carbons (Fsp3) is 0.167. The van der Waals surface area contributed by atoms with E-state index in [1.165, 1.54) is 10.9 Å². The molecule has 0 fully saturated rings. The summed E-state index contributed by atoms with van der Waals surface area (Å²) in [5.41, 5.74) is 1.48. The number of benzene rings is 1. The Morgan fingerprint density at radius 3 is 3.00 bits per heavy atom. The minimum Gasteiger partial charge on any atom is -0.295 e. The highest BCUT2D eigenvalue weighted by Gasteiger charge is 2.04. The zero-order chi connectivity index (χ0) is 11.7. The van der Waals surface area contributed by atoms with E-state index in [1.807, 2.05) is 6.92 Å². The van der Waals surface area contributed by atoms with Crippen molar-refractivity contribution >= 4 is 22.5 Å². The Labute approximate surface area is 98.0 Å². The zero-order valence-electron chi connectivity index (χ0n) is 8.90. The standard InChI is InChI=1S/C12H11ClN2O/c1-8(2)6-15-7-14-11-4-3-9(13)5-10(11)12(15)16/h3-5,7H,1,6H2,2H3. The average Bonchev–Trinajstić information content (AvgIpc) is 2.22. The average molecular weight is 235 g/mol. The van der Waals surface area contributed by atoms with Gasteiger partial charge < -0.3 is 0 Å². The molecule has 0 amide bonds. The summed E-state index contributed by atoms with van der Waals surface area (Å²) in [6.45, 7) is 6.13. The maximum atomic E-state index is 12.0. The van der Waals surface area contributed by atoms with E-state index in [0.29, 0.717) is 22.5 Å². The monoisotopic (exact) mass is 234 g/mol. The van der Waals surface area contributed by atoms with Crippen molar-refractivity contribution in [1.29, 1.82) is 0 Å². The van der Waals surface area contributed by atoms with Crippen molar-refractivity contribution in [2.75, 3.05) is 0 Å². The summed E-state index contributed by atoms with van der Waals surface area (Å²) in [4.78, 5) is 16.2. The summed E-state index contributed by atoms with van der Waals surface area (Å²) in [5, 5.41) is 1.08. The molecule has 1 heterocycles. The molecule has 2 aromatic rings. The second kappa shape index (κ2) is 4.10. The Morgan fingerprint density at radius 2 is 2.31 bits per heavy atom. The van der Waals surface area contributed by atoms with Gasteiger partial charge in [-0.1, -0.05) is 23.8 Å². The third-order valence-electron chi connectivity index (χ3n) is 2.23. The lowest BCUT2D eigenvalue weighted by Crippen LogP contribution is -2.20. The lowest BCUT2D eigenvalue weighted by Gasteiger charge is -2.05. The van der Waals surface area contributed by atoms with Crippen LogP contribution in [0.25, 0.3) is 10.9 Å². The molecule has 3 nitrogen and oxygen atoms in total. The van der Waals surface area contributed by atoms with E-state index in [0.717, 1.165) is 5.57 Å². The SMILES string of the molecule is C=C(C)Cn1cnc2ccc(Cl)cc2c1=O. The first-order valence-electron chi connectivity index (χ1n) is 4.87. The fourth-order valence-electron chi connectivity index (χ4n) is 1.53. The Morgan fingerprint density at radius 1 is 1.56 bits per heavy atom. The molecule has 2 rings (SSSR count). The lowest BCUT2D eigenvalue weighted by atomic mass is 10.2. The molecule has 1 aromatic heterocycles. The van der Waals surface area contributed by atoms with Crippen molar-refractivity contribution in [2.45, 2.75) is 13.5 Å². The fourth-order valence-corrected chi connectivity index (χ4v) is 1.71. The van der Waals surface area contributed by atoms with Crippen LogP contribution in [0.1, 0.15) is 6.92 Å². The maximum Gasteiger partial charge on any atom is 0.261 e. The van der Waals surface area contributed by atoms with Crippen LogP contribution in [0.15, 0.2) is 41.5 Å². The molecule has 4 heteroatoms. The molecule has 0 aliphatic carbocycles. The van der Waals surface area contributed by atoms with Crippen LogP contribution in [0.5, 0.6) is 0 Å². The van der Waals surface area contributed by atoms with Gasteiger partial charge in [0, 0.05) is 11.6 Å². The molecule has 0 aliphatic rings. The number of nitrogens with zero attached hydrogens (tertiary/aromatic N) is 2. The van der Waals surface area contributed by atoms with E-state index in [1.54, 1.807) is 18.2 Å². The van der Waals surface area contributed by atoms with Gasteiger partial charge in [-0.3, -0.25) is 9.36 Å². The minimum atomic E-state index is -0.0875. The van der Waals surface area contributed by atoms with Crippen LogP contribution in [-0.4, -0.2) is 9.55 Å². The molecule has 0 N–H and O–H groups in total. The molecule has 0 saturated carbocycles. The van der Waals surface area contributed by atoms with Crippen LogP contribution in [0.4, 0.5) is 0 Å². The first-order valence-corrected chi connectivity index (χ1v) is 5.25. The van der Waals surface area contributed by atoms with Gasteiger partial charge in [-0.2, -0.15) is 0 Å². The normalized spacial score (nSPS) is 10.6. The predicted molar refractivity (Wildman–Crippen MR) is 65.8 cm³/mol. The van der Waals surface area contributed by atoms with E-state index in [2.05, 4.69) is 11.6 Å². The molecule has 0 saturated heterocycles. The van der Waals surface area contributed by atoms with E-state index >= 15 is 0 Å². The first kappa shape index (κ1) is 10.9. The van der Waals surface area contributed by atoms with Crippen LogP contribution in [0.2, 0.25) is 5.02 Å². The quantitative estimate of drug-likeness (QED) is 0.749. The van der Waals surface area contributed by atoms with E-state index in [-0.39, 0.29) is 5.56 Å². The minimum absolute atomic E-state index is 0.0875. The Hall–Kier alpha value is -1.61. The number of aromatic nitrogens is 2. The van der Waals surface area contributed by atoms with Crippen LogP contribution in [0, 0.1) is 0 Å². The number of allylic oxidation sites excluding steroid dienone is 1. The lowest BCUT2D eigenvalue weighted by molar-refractivity contribution is 0.738. The van der Waals surface area contributed by atoms with Crippen LogP contribution < -0.4 is 5.56 Å². The summed E-state index contributed by atoms with van der Waals surface area (Å²) >= 11 is 5.86. The molecule has 0 unspecified atom stereocenters. The zero-order valence-corrected chi connectivity index (χ0v) is 9.66. The summed E-state index contributed by atoms with van der Waals surface area (Å²) in [7, 11) is 0. The second-order valence-electron chi connectivity index (χ2n) is 3.80. The van der Waals surface area contributed by atoms with Gasteiger partial charge in [-0.25, -0.2) is 4.98 Å². The van der Waals surface area contributed by atoms with Crippen molar-refractivity contribution in [3.8, 4) is 0 Å². The Balaban J connectivity index is 2.68. The van der Waals surface area contributed by atoms with Gasteiger partial charge >= 0.3 is 0 Å². The van der Waals surface area contributed by atoms with Crippen molar-refractivity contribution in [3.05, 3.63) is 52.1 Å². The topological polar surface area (TPSA) is 34.9 Å². The Bertz CT molecular complexity index is 616. The van der Waals surface area contributed by atoms with Gasteiger partial charge in [-0.15, -0.1) is 0 Å². The number of hydrogen-bond acceptors (Lipinski definition) is 2. The van der Waals surface area contributed by atoms with Crippen molar-refractivity contribution < 1.29 is 0 Å². The van der Waals surface area contributed by atoms with Gasteiger partial charge in [0.05, 0.1) is 17.2 Å². The molecular weight excluding hydrogens is 224 g/mol. The van der Waals surface area contributed by atoms with Crippen molar-refractivity contribution in [3.63, 3.8) is 0 Å². The van der Waals surface area contributed by atoms with Gasteiger partial charge in [-0.05, 0) is 25.1 Å². The van der Waals surface area contributed by atoms with Crippen LogP contribution in [-0.2, 0) is 6.54 Å². The van der Waals surface area contributed by atoms with Gasteiger partial charge in [0.2, 0.25) is 0 Å².